The van der Waals surface area contributed by atoms with Gasteiger partial charge in [-0.15, -0.1) is 0 Å². The molecule has 8 nitrogen and oxygen atoms in total. The Bertz CT molecular complexity index is 1080. The highest BCUT2D eigenvalue weighted by Crippen LogP contribution is 2.30. The van der Waals surface area contributed by atoms with Gasteiger partial charge in [-0.3, -0.25) is 9.78 Å². The van der Waals surface area contributed by atoms with Crippen molar-refractivity contribution >= 4 is 12.0 Å². The van der Waals surface area contributed by atoms with Crippen molar-refractivity contribution in [1.29, 1.82) is 0 Å². The molecule has 1 unspecified atom stereocenters. The van der Waals surface area contributed by atoms with Gasteiger partial charge < -0.3 is 24.6 Å². The average Bonchev–Trinajstić information content (AvgIpc) is 2.87. The maximum Gasteiger partial charge on any atom is 0.410 e. The molecule has 0 spiro atoms. The maximum absolute atomic E-state index is 13.3. The standard InChI is InChI=1S/C29H40N4O4/c1-29(2,3)37-28(35)33-14-10-21(11-15-33)17-22-19-30-13-16-36-26-8-6-5-7-24(26)23-9-12-31-25(18-23)27(34)32(4)20-22/h5-9,12,18,21-22,30H,10-11,13-17,19-20H2,1-4H3. The Morgan fingerprint density at radius 1 is 1.16 bits per heavy atom. The number of aromatic nitrogens is 1. The Morgan fingerprint density at radius 3 is 2.68 bits per heavy atom. The Labute approximate surface area is 220 Å². The molecule has 4 rings (SSSR count). The second-order valence-electron chi connectivity index (χ2n) is 11.2. The van der Waals surface area contributed by atoms with Crippen LogP contribution in [0.1, 0.15) is 50.5 Å². The van der Waals surface area contributed by atoms with Crippen molar-refractivity contribution in [3.8, 4) is 16.9 Å². The van der Waals surface area contributed by atoms with E-state index < -0.39 is 5.60 Å². The van der Waals surface area contributed by atoms with Crippen LogP contribution in [0.25, 0.3) is 11.1 Å². The third-order valence-corrected chi connectivity index (χ3v) is 6.96. The van der Waals surface area contributed by atoms with E-state index in [4.69, 9.17) is 9.47 Å². The summed E-state index contributed by atoms with van der Waals surface area (Å²) in [5, 5.41) is 3.54. The lowest BCUT2D eigenvalue weighted by molar-refractivity contribution is 0.0172. The molecule has 1 aromatic carbocycles. The number of hydrogen-bond acceptors (Lipinski definition) is 6. The lowest BCUT2D eigenvalue weighted by Crippen LogP contribution is -2.43. The highest BCUT2D eigenvalue weighted by atomic mass is 16.6. The molecule has 1 fully saturated rings. The average molecular weight is 509 g/mol. The van der Waals surface area contributed by atoms with Crippen molar-refractivity contribution < 1.29 is 19.1 Å². The smallest absolute Gasteiger partial charge is 0.410 e. The van der Waals surface area contributed by atoms with Crippen LogP contribution in [-0.4, -0.2) is 78.8 Å². The third kappa shape index (κ3) is 7.44. The van der Waals surface area contributed by atoms with Crippen LogP contribution in [0.4, 0.5) is 4.79 Å². The summed E-state index contributed by atoms with van der Waals surface area (Å²) in [5.41, 5.74) is 1.82. The molecule has 0 aliphatic carbocycles. The number of piperidine rings is 1. The SMILES string of the molecule is CN1CC(CC2CCN(C(=O)OC(C)(C)C)CC2)CNCCOc2ccccc2-c2ccnc(c2)C1=O. The van der Waals surface area contributed by atoms with Crippen molar-refractivity contribution in [1.82, 2.24) is 20.1 Å². The number of carbonyl (C=O) groups is 2. The maximum atomic E-state index is 13.3. The molecule has 200 valence electrons. The monoisotopic (exact) mass is 508 g/mol. The summed E-state index contributed by atoms with van der Waals surface area (Å²) in [7, 11) is 1.86. The van der Waals surface area contributed by atoms with E-state index in [2.05, 4.69) is 10.3 Å². The summed E-state index contributed by atoms with van der Waals surface area (Å²) in [6.45, 7) is 9.81. The van der Waals surface area contributed by atoms with Crippen molar-refractivity contribution in [3.05, 3.63) is 48.3 Å². The minimum atomic E-state index is -0.484. The number of nitrogens with zero attached hydrogens (tertiary/aromatic N) is 3. The van der Waals surface area contributed by atoms with E-state index in [0.717, 1.165) is 49.2 Å². The van der Waals surface area contributed by atoms with E-state index in [-0.39, 0.29) is 17.9 Å². The number of hydrogen-bond donors (Lipinski definition) is 1. The molecule has 1 aromatic heterocycles. The number of ether oxygens (including phenoxy) is 2. The molecule has 2 bridgehead atoms. The second-order valence-corrected chi connectivity index (χ2v) is 11.2. The first-order valence-corrected chi connectivity index (χ1v) is 13.3. The summed E-state index contributed by atoms with van der Waals surface area (Å²) in [5.74, 6) is 1.50. The van der Waals surface area contributed by atoms with E-state index >= 15 is 0 Å². The number of fused-ring (bicyclic) bond motifs is 4. The number of amides is 2. The molecule has 1 N–H and O–H groups in total. The highest BCUT2D eigenvalue weighted by molar-refractivity contribution is 5.93. The van der Waals surface area contributed by atoms with Crippen LogP contribution >= 0.6 is 0 Å². The number of para-hydroxylation sites is 1. The normalized spacial score (nSPS) is 20.0. The zero-order valence-electron chi connectivity index (χ0n) is 22.5. The molecular formula is C29H40N4O4. The van der Waals surface area contributed by atoms with Gasteiger partial charge in [0.05, 0.1) is 0 Å². The molecule has 0 saturated carbocycles. The summed E-state index contributed by atoms with van der Waals surface area (Å²) < 4.78 is 11.6. The van der Waals surface area contributed by atoms with Crippen molar-refractivity contribution in [2.45, 2.75) is 45.6 Å². The van der Waals surface area contributed by atoms with Crippen LogP contribution < -0.4 is 10.1 Å². The Morgan fingerprint density at radius 2 is 1.92 bits per heavy atom. The van der Waals surface area contributed by atoms with Crippen molar-refractivity contribution in [2.75, 3.05) is 46.4 Å². The molecular weight excluding hydrogens is 468 g/mol. The molecule has 1 atom stereocenters. The van der Waals surface area contributed by atoms with Gasteiger partial charge in [0, 0.05) is 45.0 Å². The highest BCUT2D eigenvalue weighted by Gasteiger charge is 2.29. The topological polar surface area (TPSA) is 84.0 Å². The molecule has 2 aromatic rings. The molecule has 2 aliphatic rings. The molecule has 8 heteroatoms. The van der Waals surface area contributed by atoms with E-state index in [1.165, 1.54) is 0 Å². The van der Waals surface area contributed by atoms with Crippen LogP contribution in [0, 0.1) is 11.8 Å². The fourth-order valence-corrected chi connectivity index (χ4v) is 5.12. The summed E-state index contributed by atoms with van der Waals surface area (Å²) in [4.78, 5) is 33.7. The first-order chi connectivity index (χ1) is 17.7. The number of likely N-dealkylation sites (tertiary alicyclic amines) is 1. The summed E-state index contributed by atoms with van der Waals surface area (Å²) >= 11 is 0. The largest absolute Gasteiger partial charge is 0.492 e. The van der Waals surface area contributed by atoms with Gasteiger partial charge in [-0.25, -0.2) is 4.79 Å². The Kier molecular flexibility index (Phi) is 8.69. The van der Waals surface area contributed by atoms with Gasteiger partial charge in [-0.1, -0.05) is 18.2 Å². The van der Waals surface area contributed by atoms with E-state index in [0.29, 0.717) is 37.9 Å². The molecule has 1 saturated heterocycles. The van der Waals surface area contributed by atoms with Gasteiger partial charge in [0.15, 0.2) is 0 Å². The number of rotatable bonds is 2. The minimum Gasteiger partial charge on any atom is -0.492 e. The Balaban J connectivity index is 1.42. The van der Waals surface area contributed by atoms with E-state index in [9.17, 15) is 9.59 Å². The molecule has 2 amide bonds. The number of benzene rings is 1. The first kappa shape index (κ1) is 26.9. The number of pyridine rings is 1. The minimum absolute atomic E-state index is 0.0814. The van der Waals surface area contributed by atoms with Crippen LogP contribution in [-0.2, 0) is 4.74 Å². The predicted molar refractivity (Wildman–Crippen MR) is 144 cm³/mol. The number of nitrogens with one attached hydrogen (secondary N) is 1. The van der Waals surface area contributed by atoms with Gasteiger partial charge in [0.1, 0.15) is 23.7 Å². The fraction of sp³-hybridized carbons (Fsp3) is 0.552. The predicted octanol–water partition coefficient (Wildman–Crippen LogP) is 4.46. The van der Waals surface area contributed by atoms with Gasteiger partial charge in [-0.2, -0.15) is 0 Å². The van der Waals surface area contributed by atoms with Crippen molar-refractivity contribution in [3.63, 3.8) is 0 Å². The van der Waals surface area contributed by atoms with Crippen LogP contribution in [0.3, 0.4) is 0 Å². The first-order valence-electron chi connectivity index (χ1n) is 13.3. The van der Waals surface area contributed by atoms with Gasteiger partial charge in [-0.05, 0) is 82.2 Å². The number of carbonyl (C=O) groups excluding carboxylic acids is 2. The molecule has 3 heterocycles. The zero-order valence-corrected chi connectivity index (χ0v) is 22.5. The quantitative estimate of drug-likeness (QED) is 0.645. The Hall–Kier alpha value is -3.13. The van der Waals surface area contributed by atoms with E-state index in [1.54, 1.807) is 11.1 Å². The van der Waals surface area contributed by atoms with Gasteiger partial charge >= 0.3 is 6.09 Å². The van der Waals surface area contributed by atoms with Gasteiger partial charge in [0.2, 0.25) is 0 Å². The van der Waals surface area contributed by atoms with Gasteiger partial charge in [0.25, 0.3) is 5.91 Å². The molecule has 2 aliphatic heterocycles. The summed E-state index contributed by atoms with van der Waals surface area (Å²) in [6.07, 6.45) is 4.33. The molecule has 37 heavy (non-hydrogen) atoms. The van der Waals surface area contributed by atoms with Crippen LogP contribution in [0.5, 0.6) is 5.75 Å². The summed E-state index contributed by atoms with van der Waals surface area (Å²) in [6, 6.07) is 11.7. The van der Waals surface area contributed by atoms with Crippen LogP contribution in [0.2, 0.25) is 0 Å². The zero-order chi connectivity index (χ0) is 26.4. The molecule has 0 radical (unpaired) electrons. The van der Waals surface area contributed by atoms with Crippen molar-refractivity contribution in [2.24, 2.45) is 11.8 Å². The lowest BCUT2D eigenvalue weighted by atomic mass is 9.86. The van der Waals surface area contributed by atoms with E-state index in [1.807, 2.05) is 69.1 Å². The van der Waals surface area contributed by atoms with Crippen LogP contribution in [0.15, 0.2) is 42.6 Å². The fourth-order valence-electron chi connectivity index (χ4n) is 5.12. The lowest BCUT2D eigenvalue weighted by Gasteiger charge is -2.35. The second kappa shape index (κ2) is 11.9. The third-order valence-electron chi connectivity index (χ3n) is 6.96.